The molecule has 1 aromatic heterocycles. The lowest BCUT2D eigenvalue weighted by atomic mass is 9.87. The van der Waals surface area contributed by atoms with Crippen LogP contribution in [0.2, 0.25) is 5.02 Å². The predicted octanol–water partition coefficient (Wildman–Crippen LogP) is 5.39. The minimum Gasteiger partial charge on any atom is -0.485 e. The minimum absolute atomic E-state index is 0. The van der Waals surface area contributed by atoms with Gasteiger partial charge in [-0.25, -0.2) is 0 Å². The van der Waals surface area contributed by atoms with Gasteiger partial charge in [0.05, 0.1) is 5.02 Å². The molecule has 0 saturated carbocycles. The number of hydrogen-bond acceptors (Lipinski definition) is 6. The summed E-state index contributed by atoms with van der Waals surface area (Å²) in [6, 6.07) is 11.6. The van der Waals surface area contributed by atoms with Crippen molar-refractivity contribution < 1.29 is 9.53 Å². The number of rotatable bonds is 5. The molecule has 0 fully saturated rings. The van der Waals surface area contributed by atoms with Crippen LogP contribution in [0.1, 0.15) is 52.8 Å². The molecule has 0 radical (unpaired) electrons. The van der Waals surface area contributed by atoms with Crippen LogP contribution in [0.4, 0.5) is 5.13 Å². The van der Waals surface area contributed by atoms with Gasteiger partial charge >= 0.3 is 0 Å². The van der Waals surface area contributed by atoms with Gasteiger partial charge in [-0.1, -0.05) is 55.8 Å². The highest BCUT2D eigenvalue weighted by Gasteiger charge is 2.17. The largest absolute Gasteiger partial charge is 0.485 e. The first-order valence-corrected chi connectivity index (χ1v) is 11.4. The Kier molecular flexibility index (Phi) is 7.77. The van der Waals surface area contributed by atoms with Gasteiger partial charge < -0.3 is 10.1 Å². The normalized spacial score (nSPS) is 13.1. The van der Waals surface area contributed by atoms with Crippen molar-refractivity contribution in [1.82, 2.24) is 15.5 Å². The maximum atomic E-state index is 12.6. The molecular formula is C23H26Cl2N4O2S. The molecule has 0 bridgehead atoms. The summed E-state index contributed by atoms with van der Waals surface area (Å²) in [6.45, 7) is 8.42. The number of amides is 1. The Morgan fingerprint density at radius 3 is 2.75 bits per heavy atom. The van der Waals surface area contributed by atoms with Crippen molar-refractivity contribution in [1.29, 1.82) is 0 Å². The summed E-state index contributed by atoms with van der Waals surface area (Å²) in [5.74, 6) is 0.407. The van der Waals surface area contributed by atoms with Crippen molar-refractivity contribution in [2.45, 2.75) is 45.8 Å². The third-order valence-electron chi connectivity index (χ3n) is 5.19. The molecule has 170 valence electrons. The van der Waals surface area contributed by atoms with Crippen LogP contribution in [-0.4, -0.2) is 22.6 Å². The smallest absolute Gasteiger partial charge is 0.257 e. The Balaban J connectivity index is 0.00000289. The van der Waals surface area contributed by atoms with E-state index in [1.807, 2.05) is 36.4 Å². The number of anilines is 1. The fourth-order valence-corrected chi connectivity index (χ4v) is 4.26. The van der Waals surface area contributed by atoms with E-state index in [9.17, 15) is 4.79 Å². The molecule has 0 saturated heterocycles. The van der Waals surface area contributed by atoms with Crippen molar-refractivity contribution >= 4 is 46.4 Å². The molecular weight excluding hydrogens is 467 g/mol. The molecule has 1 aliphatic rings. The maximum absolute atomic E-state index is 12.6. The molecule has 9 heteroatoms. The average molecular weight is 493 g/mol. The Morgan fingerprint density at radius 1 is 1.19 bits per heavy atom. The van der Waals surface area contributed by atoms with Gasteiger partial charge in [0, 0.05) is 12.1 Å². The van der Waals surface area contributed by atoms with Crippen LogP contribution >= 0.6 is 35.3 Å². The molecule has 0 unspecified atom stereocenters. The molecule has 6 nitrogen and oxygen atoms in total. The second-order valence-corrected chi connectivity index (χ2v) is 10.0. The van der Waals surface area contributed by atoms with Gasteiger partial charge in [-0.05, 0) is 59.3 Å². The standard InChI is InChI=1S/C23H25ClN4O2S.ClH/c1-23(2,3)17-6-7-19(18(24)11-17)30-13-20-27-28-22(31-20)26-21(29)15-4-5-16-12-25-9-8-14(16)10-15;/h4-7,10-11,25H,8-9,12-13H2,1-3H3,(H,26,28,29);1H. The van der Waals surface area contributed by atoms with E-state index in [0.717, 1.165) is 25.1 Å². The first-order chi connectivity index (χ1) is 14.8. The molecule has 32 heavy (non-hydrogen) atoms. The Labute approximate surface area is 203 Å². The Hall–Kier alpha value is -2.19. The molecule has 4 rings (SSSR count). The zero-order valence-electron chi connectivity index (χ0n) is 18.2. The number of benzene rings is 2. The third kappa shape index (κ3) is 5.78. The number of aromatic nitrogens is 2. The van der Waals surface area contributed by atoms with E-state index >= 15 is 0 Å². The van der Waals surface area contributed by atoms with E-state index in [1.165, 1.54) is 22.5 Å². The van der Waals surface area contributed by atoms with E-state index in [-0.39, 0.29) is 30.3 Å². The van der Waals surface area contributed by atoms with Gasteiger partial charge in [0.2, 0.25) is 5.13 Å². The van der Waals surface area contributed by atoms with Crippen molar-refractivity contribution in [2.75, 3.05) is 11.9 Å². The van der Waals surface area contributed by atoms with Crippen molar-refractivity contribution in [3.8, 4) is 5.75 Å². The topological polar surface area (TPSA) is 76.1 Å². The molecule has 1 aliphatic heterocycles. The fourth-order valence-electron chi connectivity index (χ4n) is 3.37. The first-order valence-electron chi connectivity index (χ1n) is 10.2. The maximum Gasteiger partial charge on any atom is 0.257 e. The molecule has 0 atom stereocenters. The number of nitrogens with one attached hydrogen (secondary N) is 2. The molecule has 1 amide bonds. The van der Waals surface area contributed by atoms with Crippen molar-refractivity contribution in [3.05, 3.63) is 68.7 Å². The lowest BCUT2D eigenvalue weighted by Crippen LogP contribution is -2.24. The van der Waals surface area contributed by atoms with Gasteiger partial charge in [-0.3, -0.25) is 10.1 Å². The second kappa shape index (κ2) is 10.2. The summed E-state index contributed by atoms with van der Waals surface area (Å²) in [4.78, 5) is 12.6. The summed E-state index contributed by atoms with van der Waals surface area (Å²) >= 11 is 7.66. The number of fused-ring (bicyclic) bond motifs is 1. The zero-order chi connectivity index (χ0) is 22.0. The second-order valence-electron chi connectivity index (χ2n) is 8.55. The van der Waals surface area contributed by atoms with Crippen molar-refractivity contribution in [3.63, 3.8) is 0 Å². The van der Waals surface area contributed by atoms with Crippen molar-refractivity contribution in [2.24, 2.45) is 0 Å². The van der Waals surface area contributed by atoms with E-state index in [4.69, 9.17) is 16.3 Å². The Bertz CT molecular complexity index is 1110. The van der Waals surface area contributed by atoms with Crippen LogP contribution in [-0.2, 0) is 25.0 Å². The molecule has 0 spiro atoms. The molecule has 3 aromatic rings. The number of ether oxygens (including phenoxy) is 1. The summed E-state index contributed by atoms with van der Waals surface area (Å²) in [5.41, 5.74) is 4.24. The molecule has 2 N–H and O–H groups in total. The van der Waals surface area contributed by atoms with E-state index in [1.54, 1.807) is 0 Å². The zero-order valence-corrected chi connectivity index (χ0v) is 20.6. The molecule has 0 aliphatic carbocycles. The Morgan fingerprint density at radius 2 is 2.00 bits per heavy atom. The van der Waals surface area contributed by atoms with Gasteiger partial charge in [0.25, 0.3) is 5.91 Å². The lowest BCUT2D eigenvalue weighted by Gasteiger charge is -2.20. The van der Waals surface area contributed by atoms with Crippen LogP contribution in [0.5, 0.6) is 5.75 Å². The summed E-state index contributed by atoms with van der Waals surface area (Å²) in [6.07, 6.45) is 0.927. The average Bonchev–Trinajstić information content (AvgIpc) is 3.19. The van der Waals surface area contributed by atoms with Gasteiger partial charge in [-0.15, -0.1) is 22.6 Å². The summed E-state index contributed by atoms with van der Waals surface area (Å²) < 4.78 is 5.81. The van der Waals surface area contributed by atoms with Crippen LogP contribution in [0.3, 0.4) is 0 Å². The predicted molar refractivity (Wildman–Crippen MR) is 131 cm³/mol. The third-order valence-corrected chi connectivity index (χ3v) is 6.30. The van der Waals surface area contributed by atoms with E-state index in [2.05, 4.69) is 41.6 Å². The number of nitrogens with zero attached hydrogens (tertiary/aromatic N) is 2. The summed E-state index contributed by atoms with van der Waals surface area (Å²) in [7, 11) is 0. The minimum atomic E-state index is -0.189. The number of carbonyl (C=O) groups is 1. The van der Waals surface area contributed by atoms with E-state index < -0.39 is 0 Å². The first kappa shape index (κ1) is 24.5. The number of halogens is 2. The van der Waals surface area contributed by atoms with E-state index in [0.29, 0.717) is 26.5 Å². The van der Waals surface area contributed by atoms with Crippen LogP contribution in [0.25, 0.3) is 0 Å². The van der Waals surface area contributed by atoms with Gasteiger partial charge in [0.1, 0.15) is 12.4 Å². The molecule has 2 aromatic carbocycles. The fraction of sp³-hybridized carbons (Fsp3) is 0.348. The lowest BCUT2D eigenvalue weighted by molar-refractivity contribution is 0.102. The van der Waals surface area contributed by atoms with Gasteiger partial charge in [0.15, 0.2) is 5.01 Å². The van der Waals surface area contributed by atoms with Gasteiger partial charge in [-0.2, -0.15) is 0 Å². The number of hydrogen-bond donors (Lipinski definition) is 2. The molecule has 2 heterocycles. The SMILES string of the molecule is CC(C)(C)c1ccc(OCc2nnc(NC(=O)c3ccc4c(c3)CCNC4)s2)c(Cl)c1.Cl. The highest BCUT2D eigenvalue weighted by atomic mass is 35.5. The highest BCUT2D eigenvalue weighted by Crippen LogP contribution is 2.32. The summed E-state index contributed by atoms with van der Waals surface area (Å²) in [5, 5.41) is 16.0. The monoisotopic (exact) mass is 492 g/mol. The van der Waals surface area contributed by atoms with Crippen LogP contribution in [0.15, 0.2) is 36.4 Å². The highest BCUT2D eigenvalue weighted by molar-refractivity contribution is 7.15. The van der Waals surface area contributed by atoms with Crippen LogP contribution in [0, 0.1) is 0 Å². The van der Waals surface area contributed by atoms with Crippen LogP contribution < -0.4 is 15.4 Å². The number of carbonyl (C=O) groups excluding carboxylic acids is 1. The quantitative estimate of drug-likeness (QED) is 0.499.